The van der Waals surface area contributed by atoms with E-state index in [1.54, 1.807) is 7.11 Å². The molecule has 26 heavy (non-hydrogen) atoms. The van der Waals surface area contributed by atoms with Gasteiger partial charge < -0.3 is 9.64 Å². The van der Waals surface area contributed by atoms with E-state index >= 15 is 0 Å². The fourth-order valence-electron chi connectivity index (χ4n) is 3.65. The number of anilines is 1. The van der Waals surface area contributed by atoms with Crippen LogP contribution in [0.3, 0.4) is 0 Å². The monoisotopic (exact) mass is 348 g/mol. The maximum Gasteiger partial charge on any atom is 0.121 e. The Bertz CT molecular complexity index is 849. The van der Waals surface area contributed by atoms with Crippen LogP contribution in [-0.2, 0) is 0 Å². The van der Waals surface area contributed by atoms with Crippen molar-refractivity contribution in [1.29, 1.82) is 0 Å². The third kappa shape index (κ3) is 3.67. The third-order valence-electron chi connectivity index (χ3n) is 4.86. The Labute approximate surface area is 157 Å². The summed E-state index contributed by atoms with van der Waals surface area (Å²) in [4.78, 5) is 7.10. The molecule has 3 rings (SSSR count). The molecule has 1 aliphatic heterocycles. The Morgan fingerprint density at radius 1 is 1.15 bits per heavy atom. The van der Waals surface area contributed by atoms with E-state index in [4.69, 9.17) is 4.74 Å². The molecule has 0 radical (unpaired) electrons. The molecule has 0 saturated carbocycles. The molecule has 0 aliphatic carbocycles. The van der Waals surface area contributed by atoms with Crippen molar-refractivity contribution in [1.82, 2.24) is 0 Å². The molecule has 136 valence electrons. The topological polar surface area (TPSA) is 24.8 Å². The van der Waals surface area contributed by atoms with Gasteiger partial charge in [-0.15, -0.1) is 0 Å². The number of aliphatic imine (C=N–C) groups is 1. The summed E-state index contributed by atoms with van der Waals surface area (Å²) >= 11 is 0. The second-order valence-corrected chi connectivity index (χ2v) is 7.37. The molecule has 3 nitrogen and oxygen atoms in total. The molecule has 1 aliphatic rings. The highest BCUT2D eigenvalue weighted by atomic mass is 16.5. The summed E-state index contributed by atoms with van der Waals surface area (Å²) in [5.41, 5.74) is 5.99. The number of rotatable bonds is 5. The molecule has 0 N–H and O–H groups in total. The number of allylic oxidation sites excluding steroid dienone is 1. The number of fused-ring (bicyclic) bond motifs is 1. The first kappa shape index (κ1) is 18.2. The molecule has 0 atom stereocenters. The molecule has 0 saturated heterocycles. The SMILES string of the molecule is CCCN1c2ccc(C=Nc3cccc(OC)c3)cc2C(C)=CC1(C)C. The molecule has 0 bridgehead atoms. The zero-order valence-electron chi connectivity index (χ0n) is 16.4. The van der Waals surface area contributed by atoms with Gasteiger partial charge in [0, 0.05) is 30.1 Å². The summed E-state index contributed by atoms with van der Waals surface area (Å²) in [6.07, 6.45) is 5.43. The molecule has 3 heteroatoms. The number of nitrogens with zero attached hydrogens (tertiary/aromatic N) is 2. The Hall–Kier alpha value is -2.55. The molecule has 0 unspecified atom stereocenters. The summed E-state index contributed by atoms with van der Waals surface area (Å²) in [6.45, 7) is 10.1. The standard InChI is InChI=1S/C23H28N2O/c1-6-12-25-22-11-10-18(13-21(22)17(2)15-23(25,3)4)16-24-19-8-7-9-20(14-19)26-5/h7-11,13-16H,6,12H2,1-5H3. The van der Waals surface area contributed by atoms with E-state index in [9.17, 15) is 0 Å². The summed E-state index contributed by atoms with van der Waals surface area (Å²) in [7, 11) is 1.67. The highest BCUT2D eigenvalue weighted by Crippen LogP contribution is 2.39. The van der Waals surface area contributed by atoms with Crippen LogP contribution in [0, 0.1) is 0 Å². The Morgan fingerprint density at radius 2 is 1.96 bits per heavy atom. The van der Waals surface area contributed by atoms with Crippen molar-refractivity contribution in [3.05, 3.63) is 59.7 Å². The van der Waals surface area contributed by atoms with Crippen LogP contribution < -0.4 is 9.64 Å². The predicted molar refractivity (Wildman–Crippen MR) is 112 cm³/mol. The summed E-state index contributed by atoms with van der Waals surface area (Å²) in [5.74, 6) is 0.821. The lowest BCUT2D eigenvalue weighted by Crippen LogP contribution is -2.45. The summed E-state index contributed by atoms with van der Waals surface area (Å²) in [6, 6.07) is 14.4. The van der Waals surface area contributed by atoms with E-state index in [0.717, 1.165) is 30.0 Å². The molecule has 0 amide bonds. The Balaban J connectivity index is 1.93. The zero-order valence-corrected chi connectivity index (χ0v) is 16.4. The third-order valence-corrected chi connectivity index (χ3v) is 4.86. The van der Waals surface area contributed by atoms with Gasteiger partial charge in [0.15, 0.2) is 0 Å². The first-order valence-corrected chi connectivity index (χ1v) is 9.24. The minimum Gasteiger partial charge on any atom is -0.497 e. The van der Waals surface area contributed by atoms with Gasteiger partial charge in [-0.1, -0.05) is 25.1 Å². The van der Waals surface area contributed by atoms with E-state index in [2.05, 4.69) is 61.9 Å². The summed E-state index contributed by atoms with van der Waals surface area (Å²) in [5, 5.41) is 0. The van der Waals surface area contributed by atoms with E-state index in [-0.39, 0.29) is 5.54 Å². The van der Waals surface area contributed by atoms with E-state index in [1.165, 1.54) is 16.8 Å². The number of methoxy groups -OCH3 is 1. The van der Waals surface area contributed by atoms with Gasteiger partial charge in [0.05, 0.1) is 18.3 Å². The number of hydrogen-bond acceptors (Lipinski definition) is 3. The van der Waals surface area contributed by atoms with Crippen LogP contribution >= 0.6 is 0 Å². The van der Waals surface area contributed by atoms with Crippen molar-refractivity contribution in [2.24, 2.45) is 4.99 Å². The second-order valence-electron chi connectivity index (χ2n) is 7.37. The lowest BCUT2D eigenvalue weighted by Gasteiger charge is -2.43. The minimum atomic E-state index is 0.0449. The van der Waals surface area contributed by atoms with Crippen molar-refractivity contribution in [3.8, 4) is 5.75 Å². The number of benzene rings is 2. The van der Waals surface area contributed by atoms with Gasteiger partial charge in [-0.3, -0.25) is 4.99 Å². The quantitative estimate of drug-likeness (QED) is 0.632. The average Bonchev–Trinajstić information content (AvgIpc) is 2.63. The van der Waals surface area contributed by atoms with Gasteiger partial charge in [-0.05, 0) is 62.6 Å². The first-order valence-electron chi connectivity index (χ1n) is 9.24. The average molecular weight is 348 g/mol. The molecular weight excluding hydrogens is 320 g/mol. The number of hydrogen-bond donors (Lipinski definition) is 0. The van der Waals surface area contributed by atoms with Gasteiger partial charge in [-0.25, -0.2) is 0 Å². The fraction of sp³-hybridized carbons (Fsp3) is 0.348. The molecule has 0 fully saturated rings. The maximum atomic E-state index is 5.26. The Morgan fingerprint density at radius 3 is 2.69 bits per heavy atom. The van der Waals surface area contributed by atoms with Gasteiger partial charge in [0.25, 0.3) is 0 Å². The van der Waals surface area contributed by atoms with Crippen molar-refractivity contribution < 1.29 is 4.74 Å². The molecule has 2 aromatic carbocycles. The van der Waals surface area contributed by atoms with Crippen molar-refractivity contribution >= 4 is 23.2 Å². The molecule has 1 heterocycles. The first-order chi connectivity index (χ1) is 12.4. The van der Waals surface area contributed by atoms with E-state index < -0.39 is 0 Å². The fourth-order valence-corrected chi connectivity index (χ4v) is 3.65. The van der Waals surface area contributed by atoms with Crippen LogP contribution in [0.15, 0.2) is 53.5 Å². The molecular formula is C23H28N2O. The normalized spacial score (nSPS) is 15.7. The summed E-state index contributed by atoms with van der Waals surface area (Å²) < 4.78 is 5.26. The lowest BCUT2D eigenvalue weighted by atomic mass is 9.88. The largest absolute Gasteiger partial charge is 0.497 e. The van der Waals surface area contributed by atoms with E-state index in [1.807, 2.05) is 30.5 Å². The van der Waals surface area contributed by atoms with Crippen LogP contribution in [-0.4, -0.2) is 25.4 Å². The van der Waals surface area contributed by atoms with Crippen molar-refractivity contribution in [2.75, 3.05) is 18.6 Å². The number of ether oxygens (including phenoxy) is 1. The van der Waals surface area contributed by atoms with Crippen molar-refractivity contribution in [3.63, 3.8) is 0 Å². The van der Waals surface area contributed by atoms with E-state index in [0.29, 0.717) is 0 Å². The van der Waals surface area contributed by atoms with Crippen LogP contribution in [0.25, 0.3) is 5.57 Å². The molecule has 0 aromatic heterocycles. The van der Waals surface area contributed by atoms with Crippen LogP contribution in [0.2, 0.25) is 0 Å². The highest BCUT2D eigenvalue weighted by molar-refractivity contribution is 5.88. The maximum absolute atomic E-state index is 5.26. The lowest BCUT2D eigenvalue weighted by molar-refractivity contribution is 0.415. The van der Waals surface area contributed by atoms with Crippen LogP contribution in [0.1, 0.15) is 45.2 Å². The second kappa shape index (κ2) is 7.36. The van der Waals surface area contributed by atoms with Crippen molar-refractivity contribution in [2.45, 2.75) is 39.7 Å². The van der Waals surface area contributed by atoms with Crippen LogP contribution in [0.4, 0.5) is 11.4 Å². The van der Waals surface area contributed by atoms with Gasteiger partial charge >= 0.3 is 0 Å². The predicted octanol–water partition coefficient (Wildman–Crippen LogP) is 5.86. The Kier molecular flexibility index (Phi) is 5.17. The molecule has 0 spiro atoms. The van der Waals surface area contributed by atoms with Gasteiger partial charge in [0.1, 0.15) is 5.75 Å². The highest BCUT2D eigenvalue weighted by Gasteiger charge is 2.30. The zero-order chi connectivity index (χ0) is 18.7. The smallest absolute Gasteiger partial charge is 0.121 e. The van der Waals surface area contributed by atoms with Gasteiger partial charge in [-0.2, -0.15) is 0 Å². The molecule has 2 aromatic rings. The minimum absolute atomic E-state index is 0.0449. The van der Waals surface area contributed by atoms with Gasteiger partial charge in [0.2, 0.25) is 0 Å². The van der Waals surface area contributed by atoms with Crippen LogP contribution in [0.5, 0.6) is 5.75 Å².